The Labute approximate surface area is 443 Å². The van der Waals surface area contributed by atoms with Gasteiger partial charge in [0.2, 0.25) is 5.91 Å². The summed E-state index contributed by atoms with van der Waals surface area (Å²) in [6.07, 6.45) is 1.70. The van der Waals surface area contributed by atoms with E-state index >= 15 is 0 Å². The Kier molecular flexibility index (Phi) is 25.2. The van der Waals surface area contributed by atoms with E-state index in [0.717, 1.165) is 17.4 Å². The monoisotopic (exact) mass is 1080 g/mol. The van der Waals surface area contributed by atoms with Gasteiger partial charge in [0.15, 0.2) is 0 Å². The molecule has 1 aliphatic carbocycles. The smallest absolute Gasteiger partial charge is 0.321 e. The number of rotatable bonds is 17. The van der Waals surface area contributed by atoms with Crippen molar-refractivity contribution in [3.63, 3.8) is 0 Å². The molecule has 14 nitrogen and oxygen atoms in total. The van der Waals surface area contributed by atoms with Crippen LogP contribution in [0.2, 0.25) is 0 Å². The number of carbonyl (C=O) groups excluding carboxylic acids is 3. The zero-order valence-electron chi connectivity index (χ0n) is 43.6. The molecule has 1 fully saturated rings. The molecule has 0 bridgehead atoms. The molecule has 0 saturated carbocycles. The molecule has 6 rings (SSSR count). The van der Waals surface area contributed by atoms with Crippen molar-refractivity contribution in [2.45, 2.75) is 97.4 Å². The molecule has 1 aliphatic heterocycles. The first-order valence-corrected chi connectivity index (χ1v) is 26.5. The third kappa shape index (κ3) is 21.0. The number of halogens is 3. The van der Waals surface area contributed by atoms with Crippen LogP contribution in [0.25, 0.3) is 11.1 Å². The Morgan fingerprint density at radius 1 is 0.750 bits per heavy atom. The van der Waals surface area contributed by atoms with Crippen LogP contribution in [0.1, 0.15) is 91.5 Å². The number of nitrogens with zero attached hydrogens (tertiary/aromatic N) is 1. The Bertz CT molecular complexity index is 2410. The lowest BCUT2D eigenvalue weighted by Gasteiger charge is -2.34. The first-order valence-electron chi connectivity index (χ1n) is 23.2. The molecule has 1 amide bonds. The van der Waals surface area contributed by atoms with Crippen LogP contribution in [0.5, 0.6) is 11.5 Å². The van der Waals surface area contributed by atoms with E-state index in [1.165, 1.54) is 41.4 Å². The van der Waals surface area contributed by atoms with Crippen LogP contribution in [-0.4, -0.2) is 111 Å². The maximum atomic E-state index is 11.6. The van der Waals surface area contributed by atoms with E-state index in [4.69, 9.17) is 53.9 Å². The number of benzene rings is 4. The number of ether oxygens (including phenoxy) is 4. The second kappa shape index (κ2) is 28.7. The van der Waals surface area contributed by atoms with Gasteiger partial charge in [-0.2, -0.15) is 8.42 Å². The van der Waals surface area contributed by atoms with Crippen molar-refractivity contribution in [1.29, 1.82) is 0 Å². The second-order valence-corrected chi connectivity index (χ2v) is 22.4. The van der Waals surface area contributed by atoms with Gasteiger partial charge in [0, 0.05) is 30.1 Å². The van der Waals surface area contributed by atoms with Crippen molar-refractivity contribution >= 4 is 62.9 Å². The van der Waals surface area contributed by atoms with Crippen molar-refractivity contribution < 1.29 is 45.9 Å². The van der Waals surface area contributed by atoms with Crippen LogP contribution in [0.3, 0.4) is 0 Å². The van der Waals surface area contributed by atoms with E-state index in [1.54, 1.807) is 20.8 Å². The highest BCUT2D eigenvalue weighted by atomic mass is 35.5. The molecule has 1 heterocycles. The second-order valence-electron chi connectivity index (χ2n) is 20.0. The summed E-state index contributed by atoms with van der Waals surface area (Å²) in [6.45, 7) is 26.2. The summed E-state index contributed by atoms with van der Waals surface area (Å²) in [5, 5.41) is 2.71. The minimum absolute atomic E-state index is 0. The molecule has 0 aromatic heterocycles. The average molecular weight is 1080 g/mol. The predicted octanol–water partition coefficient (Wildman–Crippen LogP) is 10.2. The largest absolute Gasteiger partial charge is 0.493 e. The average Bonchev–Trinajstić information content (AvgIpc) is 4.13. The summed E-state index contributed by atoms with van der Waals surface area (Å²) in [6, 6.07) is 33.1. The number of nitrogens with one attached hydrogen (secondary N) is 2. The van der Waals surface area contributed by atoms with E-state index in [-0.39, 0.29) is 55.0 Å². The molecule has 4 aromatic carbocycles. The molecule has 5 N–H and O–H groups in total. The highest BCUT2D eigenvalue weighted by Crippen LogP contribution is 2.56. The fourth-order valence-electron chi connectivity index (χ4n) is 7.37. The minimum atomic E-state index is -3.28. The van der Waals surface area contributed by atoms with Crippen LogP contribution in [-0.2, 0) is 43.6 Å². The molecular formula is C54H75Cl3N4O10S. The van der Waals surface area contributed by atoms with E-state index in [0.29, 0.717) is 23.6 Å². The summed E-state index contributed by atoms with van der Waals surface area (Å²) in [4.78, 5) is 38.5. The zero-order valence-corrected chi connectivity index (χ0v) is 46.7. The number of carbonyl (C=O) groups is 3. The van der Waals surface area contributed by atoms with E-state index in [9.17, 15) is 22.8 Å². The summed E-state index contributed by atoms with van der Waals surface area (Å²) in [5.74, 6) is 0.0953. The number of hydrogen-bond acceptors (Lipinski definition) is 13. The SMILES string of the molecule is C=CC(=O)NC(C)(C)C.CC(C)(C)N1CC1.CC(C)(C)OS(C)(=O)=O.CC(COC(=O)CNCl)COc1ccc(C2(c3ccc(OCC(CCl)OC(=O)CCl)cc3)c3ccccc3-c3ccccc32)cc1.N. The van der Waals surface area contributed by atoms with Crippen LogP contribution >= 0.6 is 35.0 Å². The molecule has 0 radical (unpaired) electrons. The molecule has 2 atom stereocenters. The van der Waals surface area contributed by atoms with Crippen molar-refractivity contribution in [1.82, 2.24) is 21.2 Å². The van der Waals surface area contributed by atoms with E-state index < -0.39 is 39.2 Å². The Morgan fingerprint density at radius 3 is 1.56 bits per heavy atom. The molecule has 4 aromatic rings. The summed E-state index contributed by atoms with van der Waals surface area (Å²) >= 11 is 16.9. The maximum Gasteiger partial charge on any atom is 0.321 e. The Hall–Kier alpha value is -4.71. The zero-order chi connectivity index (χ0) is 53.2. The van der Waals surface area contributed by atoms with Crippen molar-refractivity contribution in [3.8, 4) is 22.6 Å². The van der Waals surface area contributed by atoms with Gasteiger partial charge in [-0.15, -0.1) is 23.2 Å². The number of hydrogen-bond donors (Lipinski definition) is 3. The molecule has 72 heavy (non-hydrogen) atoms. The third-order valence-corrected chi connectivity index (χ3v) is 11.8. The van der Waals surface area contributed by atoms with Crippen LogP contribution in [0.15, 0.2) is 110 Å². The van der Waals surface area contributed by atoms with Gasteiger partial charge in [-0.25, -0.2) is 4.84 Å². The lowest BCUT2D eigenvalue weighted by Crippen LogP contribution is -2.39. The van der Waals surface area contributed by atoms with Gasteiger partial charge < -0.3 is 30.4 Å². The van der Waals surface area contributed by atoms with Gasteiger partial charge in [-0.3, -0.25) is 23.5 Å². The van der Waals surface area contributed by atoms with Crippen molar-refractivity contribution in [3.05, 3.63) is 132 Å². The fourth-order valence-corrected chi connectivity index (χ4v) is 8.60. The third-order valence-electron chi connectivity index (χ3n) is 10.3. The first kappa shape index (κ1) is 63.4. The lowest BCUT2D eigenvalue weighted by atomic mass is 9.68. The predicted molar refractivity (Wildman–Crippen MR) is 290 cm³/mol. The number of esters is 2. The molecule has 18 heteroatoms. The van der Waals surface area contributed by atoms with Crippen molar-refractivity contribution in [2.24, 2.45) is 5.92 Å². The van der Waals surface area contributed by atoms with E-state index in [1.807, 2.05) is 52.0 Å². The maximum absolute atomic E-state index is 11.6. The van der Waals surface area contributed by atoms with Crippen LogP contribution < -0.4 is 25.8 Å². The molecular weight excluding hydrogens is 1000 g/mol. The van der Waals surface area contributed by atoms with Gasteiger partial charge in [0.25, 0.3) is 10.1 Å². The molecule has 2 unspecified atom stereocenters. The van der Waals surface area contributed by atoms with Gasteiger partial charge in [-0.1, -0.05) is 86.3 Å². The quantitative estimate of drug-likeness (QED) is 0.0199. The Morgan fingerprint density at radius 2 is 1.22 bits per heavy atom. The van der Waals surface area contributed by atoms with Crippen LogP contribution in [0.4, 0.5) is 0 Å². The molecule has 0 spiro atoms. The fraction of sp³-hybridized carbons (Fsp3) is 0.463. The van der Waals surface area contributed by atoms with Crippen LogP contribution in [0, 0.1) is 5.92 Å². The highest BCUT2D eigenvalue weighted by Gasteiger charge is 2.46. The molecule has 398 valence electrons. The van der Waals surface area contributed by atoms with Gasteiger partial charge in [0.05, 0.1) is 36.4 Å². The number of fused-ring (bicyclic) bond motifs is 3. The Balaban J connectivity index is 0.000000556. The van der Waals surface area contributed by atoms with Crippen molar-refractivity contribution in [2.75, 3.05) is 57.5 Å². The summed E-state index contributed by atoms with van der Waals surface area (Å²) in [7, 11) is -3.28. The lowest BCUT2D eigenvalue weighted by molar-refractivity contribution is -0.146. The number of amides is 1. The topological polar surface area (TPSA) is 194 Å². The highest BCUT2D eigenvalue weighted by molar-refractivity contribution is 7.86. The first-order chi connectivity index (χ1) is 33.2. The van der Waals surface area contributed by atoms with Gasteiger partial charge >= 0.3 is 11.9 Å². The normalized spacial score (nSPS) is 14.2. The van der Waals surface area contributed by atoms with Gasteiger partial charge in [0.1, 0.15) is 36.6 Å². The summed E-state index contributed by atoms with van der Waals surface area (Å²) < 4.78 is 47.9. The molecule has 2 aliphatic rings. The summed E-state index contributed by atoms with van der Waals surface area (Å²) in [5.41, 5.74) is 5.95. The van der Waals surface area contributed by atoms with E-state index in [2.05, 4.69) is 119 Å². The van der Waals surface area contributed by atoms with Gasteiger partial charge in [-0.05, 0) is 138 Å². The molecule has 1 saturated heterocycles. The standard InChI is InChI=1S/C36H34Cl3NO6.C7H13NO.C6H13N.C5H12O3S.H3N/c1-24(22-45-35(42)20-40-39)21-43-27-14-10-25(11-15-27)36(32-8-4-2-6-30(32)31-7-3-5-9-33(31)36)26-12-16-28(17-13-26)44-23-29(18-37)46-34(41)19-38;1-5-6(9)8-7(2,3)4;1-6(2,3)7-4-5-7;1-5(2,3)8-9(4,6)7;/h2-17,24,29,40H,18-23H2,1H3;5H,1H2,2-4H3,(H,8,9);4-5H2,1-3H3;1-4H3;1H3. The minimum Gasteiger partial charge on any atom is -0.493 e. The number of alkyl halides is 2.